The van der Waals surface area contributed by atoms with Crippen molar-refractivity contribution in [1.82, 2.24) is 15.0 Å². The van der Waals surface area contributed by atoms with Crippen molar-refractivity contribution in [2.24, 2.45) is 5.16 Å². The minimum atomic E-state index is 0.886. The number of aryl methyl sites for hydroxylation is 1. The van der Waals surface area contributed by atoms with Crippen LogP contribution in [0.4, 0.5) is 0 Å². The highest BCUT2D eigenvalue weighted by molar-refractivity contribution is 8.01. The number of hydrogen-bond donors (Lipinski definition) is 0. The first-order valence-corrected chi connectivity index (χ1v) is 10.0. The molecule has 0 amide bonds. The molecule has 0 atom stereocenters. The molecule has 0 bridgehead atoms. The van der Waals surface area contributed by atoms with E-state index in [2.05, 4.69) is 10.1 Å². The van der Waals surface area contributed by atoms with Gasteiger partial charge in [-0.15, -0.1) is 34.4 Å². The van der Waals surface area contributed by atoms with Gasteiger partial charge >= 0.3 is 0 Å². The lowest BCUT2D eigenvalue weighted by atomic mass is 10.2. The van der Waals surface area contributed by atoms with E-state index >= 15 is 0 Å². The van der Waals surface area contributed by atoms with Crippen LogP contribution in [-0.4, -0.2) is 33.5 Å². The van der Waals surface area contributed by atoms with Gasteiger partial charge in [-0.1, -0.05) is 5.16 Å². The highest BCUT2D eigenvalue weighted by atomic mass is 32.2. The second kappa shape index (κ2) is 6.62. The SMILES string of the molecule is CON=C1CCSc2sc(-c3sc(-c4cccnc4)nc3C)nc21. The zero-order valence-electron chi connectivity index (χ0n) is 13.1. The van der Waals surface area contributed by atoms with Crippen molar-refractivity contribution in [2.45, 2.75) is 17.6 Å². The van der Waals surface area contributed by atoms with E-state index in [9.17, 15) is 0 Å². The van der Waals surface area contributed by atoms with Crippen LogP contribution in [0.1, 0.15) is 17.8 Å². The average Bonchev–Trinajstić information content (AvgIpc) is 3.20. The van der Waals surface area contributed by atoms with E-state index in [-0.39, 0.29) is 0 Å². The fraction of sp³-hybridized carbons (Fsp3) is 0.250. The predicted octanol–water partition coefficient (Wildman–Crippen LogP) is 4.48. The van der Waals surface area contributed by atoms with E-state index < -0.39 is 0 Å². The molecule has 3 aromatic heterocycles. The molecule has 4 rings (SSSR count). The first-order chi connectivity index (χ1) is 11.8. The van der Waals surface area contributed by atoms with Gasteiger partial charge in [-0.25, -0.2) is 9.97 Å². The van der Waals surface area contributed by atoms with Gasteiger partial charge in [0.1, 0.15) is 28.5 Å². The van der Waals surface area contributed by atoms with Crippen molar-refractivity contribution in [3.63, 3.8) is 0 Å². The summed E-state index contributed by atoms with van der Waals surface area (Å²) in [6.45, 7) is 2.03. The Balaban J connectivity index is 1.75. The second-order valence-electron chi connectivity index (χ2n) is 5.15. The third-order valence-corrected chi connectivity index (χ3v) is 7.22. The molecule has 0 aliphatic carbocycles. The maximum absolute atomic E-state index is 4.97. The van der Waals surface area contributed by atoms with Crippen LogP contribution < -0.4 is 0 Å². The number of aromatic nitrogens is 3. The summed E-state index contributed by atoms with van der Waals surface area (Å²) in [5, 5.41) is 6.11. The van der Waals surface area contributed by atoms with Gasteiger partial charge in [0.2, 0.25) is 0 Å². The predicted molar refractivity (Wildman–Crippen MR) is 100 cm³/mol. The maximum Gasteiger partial charge on any atom is 0.137 e. The number of pyridine rings is 1. The van der Waals surface area contributed by atoms with Gasteiger partial charge in [0.15, 0.2) is 0 Å². The summed E-state index contributed by atoms with van der Waals surface area (Å²) in [6, 6.07) is 3.96. The third kappa shape index (κ3) is 2.85. The Morgan fingerprint density at radius 1 is 1.21 bits per heavy atom. The third-order valence-electron chi connectivity index (χ3n) is 3.54. The smallest absolute Gasteiger partial charge is 0.137 e. The van der Waals surface area contributed by atoms with Crippen LogP contribution in [-0.2, 0) is 4.84 Å². The molecule has 24 heavy (non-hydrogen) atoms. The van der Waals surface area contributed by atoms with E-state index in [1.807, 2.05) is 37.0 Å². The molecule has 1 aliphatic heterocycles. The summed E-state index contributed by atoms with van der Waals surface area (Å²) in [6.07, 6.45) is 4.50. The van der Waals surface area contributed by atoms with Crippen molar-refractivity contribution in [3.8, 4) is 20.5 Å². The second-order valence-corrected chi connectivity index (χ2v) is 8.51. The summed E-state index contributed by atoms with van der Waals surface area (Å²) >= 11 is 5.21. The summed E-state index contributed by atoms with van der Waals surface area (Å²) in [7, 11) is 1.58. The number of thiazole rings is 2. The van der Waals surface area contributed by atoms with Gasteiger partial charge < -0.3 is 4.84 Å². The van der Waals surface area contributed by atoms with E-state index in [0.717, 1.165) is 49.7 Å². The fourth-order valence-corrected chi connectivity index (χ4v) is 5.96. The lowest BCUT2D eigenvalue weighted by Crippen LogP contribution is -2.09. The summed E-state index contributed by atoms with van der Waals surface area (Å²) in [4.78, 5) is 19.8. The number of nitrogens with zero attached hydrogens (tertiary/aromatic N) is 4. The van der Waals surface area contributed by atoms with Crippen LogP contribution in [0.3, 0.4) is 0 Å². The molecule has 8 heteroatoms. The fourth-order valence-electron chi connectivity index (χ4n) is 2.45. The zero-order valence-corrected chi connectivity index (χ0v) is 15.6. The van der Waals surface area contributed by atoms with Crippen LogP contribution in [0.15, 0.2) is 33.9 Å². The monoisotopic (exact) mass is 374 g/mol. The topological polar surface area (TPSA) is 60.3 Å². The van der Waals surface area contributed by atoms with Gasteiger partial charge in [0.05, 0.1) is 14.8 Å². The van der Waals surface area contributed by atoms with Crippen LogP contribution >= 0.6 is 34.4 Å². The van der Waals surface area contributed by atoms with Crippen LogP contribution in [0.5, 0.6) is 0 Å². The molecule has 4 heterocycles. The zero-order chi connectivity index (χ0) is 16.5. The molecule has 0 saturated heterocycles. The molecule has 0 unspecified atom stereocenters. The van der Waals surface area contributed by atoms with Crippen molar-refractivity contribution < 1.29 is 4.84 Å². The molecule has 5 nitrogen and oxygen atoms in total. The average molecular weight is 375 g/mol. The molecule has 0 radical (unpaired) electrons. The molecule has 0 fully saturated rings. The molecular formula is C16H14N4OS3. The van der Waals surface area contributed by atoms with Gasteiger partial charge in [-0.3, -0.25) is 4.98 Å². The van der Waals surface area contributed by atoms with E-state index in [0.29, 0.717) is 0 Å². The summed E-state index contributed by atoms with van der Waals surface area (Å²) < 4.78 is 1.21. The number of hydrogen-bond acceptors (Lipinski definition) is 8. The van der Waals surface area contributed by atoms with Crippen molar-refractivity contribution in [2.75, 3.05) is 12.9 Å². The number of fused-ring (bicyclic) bond motifs is 1. The number of oxime groups is 1. The Hall–Kier alpha value is -1.77. The highest BCUT2D eigenvalue weighted by Gasteiger charge is 2.24. The van der Waals surface area contributed by atoms with E-state index in [1.165, 1.54) is 4.21 Å². The standard InChI is InChI=1S/C16H14N4OS3/c1-9-13(23-14(18-9)10-4-3-6-17-8-10)15-19-12-11(20-21-2)5-7-22-16(12)24-15/h3-4,6,8H,5,7H2,1-2H3. The van der Waals surface area contributed by atoms with Crippen molar-refractivity contribution in [1.29, 1.82) is 0 Å². The van der Waals surface area contributed by atoms with E-state index in [4.69, 9.17) is 14.8 Å². The van der Waals surface area contributed by atoms with Gasteiger partial charge in [0, 0.05) is 30.1 Å². The van der Waals surface area contributed by atoms with Crippen LogP contribution in [0.2, 0.25) is 0 Å². The minimum absolute atomic E-state index is 0.886. The number of rotatable bonds is 3. The molecule has 0 N–H and O–H groups in total. The van der Waals surface area contributed by atoms with Crippen molar-refractivity contribution >= 4 is 40.1 Å². The number of thioether (sulfide) groups is 1. The summed E-state index contributed by atoms with van der Waals surface area (Å²) in [5.41, 5.74) is 3.93. The molecule has 0 saturated carbocycles. The lowest BCUT2D eigenvalue weighted by molar-refractivity contribution is 0.213. The quantitative estimate of drug-likeness (QED) is 0.633. The largest absolute Gasteiger partial charge is 0.399 e. The first-order valence-electron chi connectivity index (χ1n) is 7.38. The molecular weight excluding hydrogens is 360 g/mol. The highest BCUT2D eigenvalue weighted by Crippen LogP contribution is 2.42. The molecule has 1 aliphatic rings. The van der Waals surface area contributed by atoms with Crippen LogP contribution in [0, 0.1) is 6.92 Å². The Labute approximate surface area is 151 Å². The maximum atomic E-state index is 4.97. The Morgan fingerprint density at radius 3 is 2.92 bits per heavy atom. The van der Waals surface area contributed by atoms with Crippen molar-refractivity contribution in [3.05, 3.63) is 35.9 Å². The lowest BCUT2D eigenvalue weighted by Gasteiger charge is -2.09. The summed E-state index contributed by atoms with van der Waals surface area (Å²) in [5.74, 6) is 1.01. The van der Waals surface area contributed by atoms with Gasteiger partial charge in [-0.2, -0.15) is 0 Å². The first kappa shape index (κ1) is 15.7. The van der Waals surface area contributed by atoms with Crippen LogP contribution in [0.25, 0.3) is 20.5 Å². The molecule has 0 spiro atoms. The molecule has 3 aromatic rings. The normalized spacial score (nSPS) is 15.5. The minimum Gasteiger partial charge on any atom is -0.399 e. The Bertz CT molecular complexity index is 901. The van der Waals surface area contributed by atoms with Gasteiger partial charge in [-0.05, 0) is 19.1 Å². The Morgan fingerprint density at radius 2 is 2.12 bits per heavy atom. The molecule has 122 valence electrons. The van der Waals surface area contributed by atoms with E-state index in [1.54, 1.807) is 36.0 Å². The Kier molecular flexibility index (Phi) is 4.34. The van der Waals surface area contributed by atoms with Gasteiger partial charge in [0.25, 0.3) is 0 Å². The molecule has 0 aromatic carbocycles.